The van der Waals surface area contributed by atoms with E-state index in [1.807, 2.05) is 6.92 Å². The van der Waals surface area contributed by atoms with E-state index in [2.05, 4.69) is 10.9 Å². The highest BCUT2D eigenvalue weighted by Gasteiger charge is 2.25. The summed E-state index contributed by atoms with van der Waals surface area (Å²) in [5, 5.41) is 0. The molecule has 1 aromatic heterocycles. The van der Waals surface area contributed by atoms with Crippen LogP contribution in [0.4, 0.5) is 0 Å². The van der Waals surface area contributed by atoms with E-state index in [-0.39, 0.29) is 11.8 Å². The first kappa shape index (κ1) is 13.6. The molecule has 6 nitrogen and oxygen atoms in total. The van der Waals surface area contributed by atoms with E-state index < -0.39 is 6.10 Å². The maximum atomic E-state index is 12.0. The SMILES string of the molecule is Cc1oc(C)c(C(=O)NNC(=O)[C@@H]2CCCO2)c1C. The quantitative estimate of drug-likeness (QED) is 0.787. The van der Waals surface area contributed by atoms with Gasteiger partial charge in [-0.05, 0) is 33.6 Å². The highest BCUT2D eigenvalue weighted by molar-refractivity contribution is 5.98. The first-order valence-electron chi connectivity index (χ1n) is 6.29. The number of hydrogen-bond acceptors (Lipinski definition) is 4. The van der Waals surface area contributed by atoms with Crippen LogP contribution in [0.3, 0.4) is 0 Å². The van der Waals surface area contributed by atoms with E-state index in [1.165, 1.54) is 0 Å². The number of furan rings is 1. The topological polar surface area (TPSA) is 80.6 Å². The molecule has 1 aliphatic rings. The lowest BCUT2D eigenvalue weighted by atomic mass is 10.1. The van der Waals surface area contributed by atoms with Gasteiger partial charge in [0.05, 0.1) is 5.56 Å². The average Bonchev–Trinajstić information content (AvgIpc) is 2.96. The zero-order valence-electron chi connectivity index (χ0n) is 11.3. The summed E-state index contributed by atoms with van der Waals surface area (Å²) in [6, 6.07) is 0. The largest absolute Gasteiger partial charge is 0.466 e. The Morgan fingerprint density at radius 3 is 2.42 bits per heavy atom. The Balaban J connectivity index is 1.95. The van der Waals surface area contributed by atoms with Gasteiger partial charge < -0.3 is 9.15 Å². The highest BCUT2D eigenvalue weighted by Crippen LogP contribution is 2.20. The molecule has 1 atom stereocenters. The van der Waals surface area contributed by atoms with Crippen LogP contribution in [0.1, 0.15) is 40.3 Å². The molecule has 0 aromatic carbocycles. The van der Waals surface area contributed by atoms with Gasteiger partial charge in [-0.2, -0.15) is 0 Å². The van der Waals surface area contributed by atoms with Gasteiger partial charge in [0.2, 0.25) is 0 Å². The molecule has 1 aromatic rings. The van der Waals surface area contributed by atoms with E-state index >= 15 is 0 Å². The van der Waals surface area contributed by atoms with Gasteiger partial charge >= 0.3 is 0 Å². The number of ether oxygens (including phenoxy) is 1. The summed E-state index contributed by atoms with van der Waals surface area (Å²) in [5.74, 6) is 0.548. The number of aryl methyl sites for hydroxylation is 2. The number of carbonyl (C=O) groups excluding carboxylic acids is 2. The summed E-state index contributed by atoms with van der Waals surface area (Å²) in [5.41, 5.74) is 6.02. The van der Waals surface area contributed by atoms with Gasteiger partial charge in [0.15, 0.2) is 0 Å². The predicted molar refractivity (Wildman–Crippen MR) is 67.5 cm³/mol. The molecule has 1 aliphatic heterocycles. The molecule has 1 fully saturated rings. The molecule has 19 heavy (non-hydrogen) atoms. The number of carbonyl (C=O) groups is 2. The van der Waals surface area contributed by atoms with E-state index in [0.29, 0.717) is 30.1 Å². The van der Waals surface area contributed by atoms with Crippen molar-refractivity contribution in [3.63, 3.8) is 0 Å². The minimum absolute atomic E-state index is 0.318. The van der Waals surface area contributed by atoms with Crippen molar-refractivity contribution in [1.82, 2.24) is 10.9 Å². The number of amides is 2. The van der Waals surface area contributed by atoms with Crippen LogP contribution >= 0.6 is 0 Å². The Bertz CT molecular complexity index is 501. The summed E-state index contributed by atoms with van der Waals surface area (Å²) in [4.78, 5) is 23.7. The van der Waals surface area contributed by atoms with Crippen LogP contribution in [0.5, 0.6) is 0 Å². The second-order valence-corrected chi connectivity index (χ2v) is 4.66. The molecule has 2 N–H and O–H groups in total. The van der Waals surface area contributed by atoms with Crippen LogP contribution in [0.2, 0.25) is 0 Å². The van der Waals surface area contributed by atoms with Crippen molar-refractivity contribution in [3.05, 3.63) is 22.6 Å². The number of rotatable bonds is 2. The molecule has 0 unspecified atom stereocenters. The van der Waals surface area contributed by atoms with Crippen molar-refractivity contribution in [3.8, 4) is 0 Å². The lowest BCUT2D eigenvalue weighted by molar-refractivity contribution is -0.130. The van der Waals surface area contributed by atoms with Gasteiger partial charge in [-0.3, -0.25) is 20.4 Å². The Hall–Kier alpha value is -1.82. The molecule has 2 heterocycles. The molecule has 0 aliphatic carbocycles. The van der Waals surface area contributed by atoms with Crippen LogP contribution in [0.25, 0.3) is 0 Å². The summed E-state index contributed by atoms with van der Waals surface area (Å²) >= 11 is 0. The van der Waals surface area contributed by atoms with Crippen LogP contribution in [0, 0.1) is 20.8 Å². The molecule has 2 amide bonds. The molecule has 6 heteroatoms. The van der Waals surface area contributed by atoms with Crippen molar-refractivity contribution in [2.45, 2.75) is 39.7 Å². The smallest absolute Gasteiger partial charge is 0.273 e. The maximum Gasteiger partial charge on any atom is 0.273 e. The van der Waals surface area contributed by atoms with Gasteiger partial charge in [0, 0.05) is 12.2 Å². The Morgan fingerprint density at radius 1 is 1.16 bits per heavy atom. The van der Waals surface area contributed by atoms with Crippen LogP contribution < -0.4 is 10.9 Å². The first-order chi connectivity index (χ1) is 9.00. The standard InChI is InChI=1S/C13H18N2O4/c1-7-8(2)19-9(3)11(7)13(17)15-14-12(16)10-5-4-6-18-10/h10H,4-6H2,1-3H3,(H,14,16)(H,15,17)/t10-/m0/s1. The summed E-state index contributed by atoms with van der Waals surface area (Å²) in [6.45, 7) is 5.91. The van der Waals surface area contributed by atoms with E-state index in [9.17, 15) is 9.59 Å². The van der Waals surface area contributed by atoms with Crippen molar-refractivity contribution in [2.24, 2.45) is 0 Å². The minimum Gasteiger partial charge on any atom is -0.466 e. The second kappa shape index (κ2) is 5.44. The number of hydrazine groups is 1. The summed E-state index contributed by atoms with van der Waals surface area (Å²) in [6.07, 6.45) is 1.09. The first-order valence-corrected chi connectivity index (χ1v) is 6.29. The van der Waals surface area contributed by atoms with Crippen molar-refractivity contribution < 1.29 is 18.7 Å². The van der Waals surface area contributed by atoms with Crippen molar-refractivity contribution in [1.29, 1.82) is 0 Å². The number of hydrogen-bond donors (Lipinski definition) is 2. The van der Waals surface area contributed by atoms with Gasteiger partial charge in [-0.25, -0.2) is 0 Å². The monoisotopic (exact) mass is 266 g/mol. The molecule has 0 bridgehead atoms. The van der Waals surface area contributed by atoms with E-state index in [0.717, 1.165) is 12.0 Å². The molecule has 0 saturated carbocycles. The lowest BCUT2D eigenvalue weighted by Crippen LogP contribution is -2.46. The van der Waals surface area contributed by atoms with Gasteiger partial charge in [0.1, 0.15) is 17.6 Å². The molecule has 0 spiro atoms. The fraction of sp³-hybridized carbons (Fsp3) is 0.538. The number of nitrogens with one attached hydrogen (secondary N) is 2. The Kier molecular flexibility index (Phi) is 3.90. The summed E-state index contributed by atoms with van der Waals surface area (Å²) in [7, 11) is 0. The van der Waals surface area contributed by atoms with Crippen LogP contribution in [-0.2, 0) is 9.53 Å². The molecule has 2 rings (SSSR count). The fourth-order valence-corrected chi connectivity index (χ4v) is 2.17. The van der Waals surface area contributed by atoms with E-state index in [4.69, 9.17) is 9.15 Å². The third-order valence-electron chi connectivity index (χ3n) is 3.31. The van der Waals surface area contributed by atoms with Gasteiger partial charge in [0.25, 0.3) is 11.8 Å². The zero-order chi connectivity index (χ0) is 14.0. The second-order valence-electron chi connectivity index (χ2n) is 4.66. The average molecular weight is 266 g/mol. The third kappa shape index (κ3) is 2.78. The zero-order valence-corrected chi connectivity index (χ0v) is 11.3. The molecular formula is C13H18N2O4. The normalized spacial score (nSPS) is 18.4. The molecule has 104 valence electrons. The van der Waals surface area contributed by atoms with Crippen LogP contribution in [-0.4, -0.2) is 24.5 Å². The third-order valence-corrected chi connectivity index (χ3v) is 3.31. The molecular weight excluding hydrogens is 248 g/mol. The fourth-order valence-electron chi connectivity index (χ4n) is 2.17. The predicted octanol–water partition coefficient (Wildman–Crippen LogP) is 1.14. The highest BCUT2D eigenvalue weighted by atomic mass is 16.5. The molecule has 0 radical (unpaired) electrons. The Morgan fingerprint density at radius 2 is 1.89 bits per heavy atom. The van der Waals surface area contributed by atoms with Crippen LogP contribution in [0.15, 0.2) is 4.42 Å². The Labute approximate surface area is 111 Å². The van der Waals surface area contributed by atoms with Gasteiger partial charge in [-0.1, -0.05) is 0 Å². The maximum absolute atomic E-state index is 12.0. The van der Waals surface area contributed by atoms with Gasteiger partial charge in [-0.15, -0.1) is 0 Å². The lowest BCUT2D eigenvalue weighted by Gasteiger charge is -2.11. The van der Waals surface area contributed by atoms with Crippen molar-refractivity contribution in [2.75, 3.05) is 6.61 Å². The molecule has 1 saturated heterocycles. The van der Waals surface area contributed by atoms with Crippen molar-refractivity contribution >= 4 is 11.8 Å². The van der Waals surface area contributed by atoms with E-state index in [1.54, 1.807) is 13.8 Å². The minimum atomic E-state index is -0.464. The summed E-state index contributed by atoms with van der Waals surface area (Å²) < 4.78 is 10.6.